The molecule has 11 heavy (non-hydrogen) atoms. The summed E-state index contributed by atoms with van der Waals surface area (Å²) in [6, 6.07) is 2.00. The van der Waals surface area contributed by atoms with Crippen LogP contribution in [0.1, 0.15) is 25.1 Å². The molecule has 5 heteroatoms. The van der Waals surface area contributed by atoms with Crippen molar-refractivity contribution >= 4 is 0 Å². The van der Waals surface area contributed by atoms with Gasteiger partial charge in [0.2, 0.25) is 0 Å². The zero-order chi connectivity index (χ0) is 8.27. The summed E-state index contributed by atoms with van der Waals surface area (Å²) in [6.07, 6.45) is 0.362. The van der Waals surface area contributed by atoms with E-state index in [4.69, 9.17) is 5.26 Å². The van der Waals surface area contributed by atoms with Gasteiger partial charge in [0, 0.05) is 12.3 Å². The van der Waals surface area contributed by atoms with Crippen molar-refractivity contribution in [2.75, 3.05) is 0 Å². The summed E-state index contributed by atoms with van der Waals surface area (Å²) in [5.41, 5.74) is -0.329. The van der Waals surface area contributed by atoms with Crippen LogP contribution in [-0.2, 0) is 0 Å². The number of hydrogen-bond acceptors (Lipinski definition) is 3. The molecule has 1 aromatic rings. The molecule has 1 heterocycles. The van der Waals surface area contributed by atoms with Crippen LogP contribution in [0.15, 0.2) is 4.79 Å². The first-order valence-electron chi connectivity index (χ1n) is 3.25. The van der Waals surface area contributed by atoms with E-state index in [0.717, 1.165) is 0 Å². The third kappa shape index (κ3) is 1.67. The van der Waals surface area contributed by atoms with Gasteiger partial charge >= 0.3 is 5.69 Å². The van der Waals surface area contributed by atoms with E-state index in [9.17, 15) is 4.79 Å². The van der Waals surface area contributed by atoms with E-state index in [1.807, 2.05) is 13.0 Å². The first-order chi connectivity index (χ1) is 5.24. The smallest absolute Gasteiger partial charge is 0.293 e. The topological polar surface area (TPSA) is 85.3 Å². The van der Waals surface area contributed by atoms with E-state index in [-0.39, 0.29) is 11.6 Å². The third-order valence-corrected chi connectivity index (χ3v) is 1.38. The van der Waals surface area contributed by atoms with Gasteiger partial charge in [0.25, 0.3) is 0 Å². The Morgan fingerprint density at radius 1 is 1.82 bits per heavy atom. The highest BCUT2D eigenvalue weighted by Crippen LogP contribution is 2.10. The molecule has 1 atom stereocenters. The second-order valence-electron chi connectivity index (χ2n) is 2.33. The largest absolute Gasteiger partial charge is 0.340 e. The Morgan fingerprint density at radius 3 is 3.00 bits per heavy atom. The molecule has 1 aromatic heterocycles. The minimum absolute atomic E-state index is 0.0149. The van der Waals surface area contributed by atoms with Gasteiger partial charge in [-0.2, -0.15) is 10.4 Å². The highest BCUT2D eigenvalue weighted by atomic mass is 16.1. The highest BCUT2D eigenvalue weighted by Gasteiger charge is 2.07. The van der Waals surface area contributed by atoms with Crippen LogP contribution >= 0.6 is 0 Å². The molecule has 1 rings (SSSR count). The lowest BCUT2D eigenvalue weighted by Gasteiger charge is -1.98. The van der Waals surface area contributed by atoms with E-state index in [2.05, 4.69) is 15.2 Å². The van der Waals surface area contributed by atoms with E-state index < -0.39 is 0 Å². The molecule has 0 spiro atoms. The van der Waals surface area contributed by atoms with Crippen molar-refractivity contribution in [2.45, 2.75) is 19.3 Å². The Kier molecular flexibility index (Phi) is 2.06. The number of aromatic amines is 2. The monoisotopic (exact) mass is 152 g/mol. The number of aromatic nitrogens is 3. The zero-order valence-corrected chi connectivity index (χ0v) is 6.09. The molecule has 58 valence electrons. The van der Waals surface area contributed by atoms with E-state index in [0.29, 0.717) is 12.2 Å². The Balaban J connectivity index is 2.78. The van der Waals surface area contributed by atoms with Crippen molar-refractivity contribution in [3.63, 3.8) is 0 Å². The molecule has 0 radical (unpaired) electrons. The molecule has 0 amide bonds. The van der Waals surface area contributed by atoms with Gasteiger partial charge in [-0.15, -0.1) is 0 Å². The Hall–Kier alpha value is -1.57. The summed E-state index contributed by atoms with van der Waals surface area (Å²) in [5, 5.41) is 14.3. The molecule has 0 aliphatic rings. The fraction of sp³-hybridized carbons (Fsp3) is 0.500. The number of H-pyrrole nitrogens is 2. The van der Waals surface area contributed by atoms with Crippen LogP contribution in [0.25, 0.3) is 0 Å². The molecule has 0 unspecified atom stereocenters. The van der Waals surface area contributed by atoms with Crippen molar-refractivity contribution in [2.24, 2.45) is 0 Å². The predicted molar refractivity (Wildman–Crippen MR) is 37.9 cm³/mol. The van der Waals surface area contributed by atoms with Crippen LogP contribution < -0.4 is 5.69 Å². The van der Waals surface area contributed by atoms with Gasteiger partial charge in [-0.25, -0.2) is 9.89 Å². The molecular weight excluding hydrogens is 144 g/mol. The van der Waals surface area contributed by atoms with E-state index >= 15 is 0 Å². The first kappa shape index (κ1) is 7.54. The minimum Gasteiger partial charge on any atom is -0.293 e. The number of hydrogen-bond donors (Lipinski definition) is 2. The molecule has 0 aliphatic heterocycles. The number of nitrogens with zero attached hydrogens (tertiary/aromatic N) is 2. The molecule has 0 aromatic carbocycles. The summed E-state index contributed by atoms with van der Waals surface area (Å²) in [5.74, 6) is 0.524. The molecule has 0 aliphatic carbocycles. The van der Waals surface area contributed by atoms with E-state index in [1.165, 1.54) is 0 Å². The van der Waals surface area contributed by atoms with Gasteiger partial charge in [0.05, 0.1) is 6.07 Å². The maximum absolute atomic E-state index is 10.5. The van der Waals surface area contributed by atoms with Crippen molar-refractivity contribution < 1.29 is 0 Å². The van der Waals surface area contributed by atoms with Gasteiger partial charge in [-0.3, -0.25) is 4.98 Å². The second kappa shape index (κ2) is 3.01. The van der Waals surface area contributed by atoms with Gasteiger partial charge in [-0.1, -0.05) is 6.92 Å². The normalized spacial score (nSPS) is 12.4. The first-order valence-corrected chi connectivity index (χ1v) is 3.25. The van der Waals surface area contributed by atoms with Crippen molar-refractivity contribution in [3.05, 3.63) is 16.3 Å². The van der Waals surface area contributed by atoms with Crippen LogP contribution in [0, 0.1) is 11.3 Å². The van der Waals surface area contributed by atoms with Gasteiger partial charge < -0.3 is 0 Å². The lowest BCUT2D eigenvalue weighted by molar-refractivity contribution is 0.724. The molecule has 2 N–H and O–H groups in total. The third-order valence-electron chi connectivity index (χ3n) is 1.38. The number of rotatable bonds is 2. The van der Waals surface area contributed by atoms with Gasteiger partial charge in [0.15, 0.2) is 0 Å². The number of nitriles is 1. The molecule has 0 saturated heterocycles. The van der Waals surface area contributed by atoms with Crippen molar-refractivity contribution in [1.29, 1.82) is 5.26 Å². The molecular formula is C6H8N4O. The van der Waals surface area contributed by atoms with Crippen molar-refractivity contribution in [3.8, 4) is 6.07 Å². The predicted octanol–water partition coefficient (Wildman–Crippen LogP) is 0.115. The summed E-state index contributed by atoms with van der Waals surface area (Å²) in [6.45, 7) is 1.83. The van der Waals surface area contributed by atoms with Gasteiger partial charge in [0.1, 0.15) is 5.82 Å². The van der Waals surface area contributed by atoms with Crippen molar-refractivity contribution in [1.82, 2.24) is 15.2 Å². The lowest BCUT2D eigenvalue weighted by atomic mass is 10.1. The fourth-order valence-electron chi connectivity index (χ4n) is 0.750. The van der Waals surface area contributed by atoms with Crippen LogP contribution in [-0.4, -0.2) is 15.2 Å². The fourth-order valence-corrected chi connectivity index (χ4v) is 0.750. The molecule has 5 nitrogen and oxygen atoms in total. The number of nitrogens with one attached hydrogen (secondary N) is 2. The molecule has 0 bridgehead atoms. The summed E-state index contributed by atoms with van der Waals surface area (Å²) < 4.78 is 0. The SMILES string of the molecule is C[C@H](CC#N)c1n[nH]c(=O)[nH]1. The maximum atomic E-state index is 10.5. The second-order valence-corrected chi connectivity index (χ2v) is 2.33. The van der Waals surface area contributed by atoms with Crippen LogP contribution in [0.4, 0.5) is 0 Å². The standard InChI is InChI=1S/C6H8N4O/c1-4(2-3-7)5-8-6(11)10-9-5/h4H,2H2,1H3,(H2,8,9,10,11)/t4-/m1/s1. The summed E-state index contributed by atoms with van der Waals surface area (Å²) in [4.78, 5) is 13.0. The summed E-state index contributed by atoms with van der Waals surface area (Å²) >= 11 is 0. The molecule has 0 fully saturated rings. The quantitative estimate of drug-likeness (QED) is 0.630. The Labute approximate surface area is 63.1 Å². The average Bonchev–Trinajstić information content (AvgIpc) is 2.36. The maximum Gasteiger partial charge on any atom is 0.340 e. The molecule has 0 saturated carbocycles. The summed E-state index contributed by atoms with van der Waals surface area (Å²) in [7, 11) is 0. The van der Waals surface area contributed by atoms with E-state index in [1.54, 1.807) is 0 Å². The highest BCUT2D eigenvalue weighted by molar-refractivity contribution is 4.94. The van der Waals surface area contributed by atoms with Crippen LogP contribution in [0.2, 0.25) is 0 Å². The lowest BCUT2D eigenvalue weighted by Crippen LogP contribution is -2.02. The average molecular weight is 152 g/mol. The zero-order valence-electron chi connectivity index (χ0n) is 6.09. The minimum atomic E-state index is -0.329. The van der Waals surface area contributed by atoms with Gasteiger partial charge in [-0.05, 0) is 0 Å². The van der Waals surface area contributed by atoms with Crippen LogP contribution in [0.5, 0.6) is 0 Å². The van der Waals surface area contributed by atoms with Crippen LogP contribution in [0.3, 0.4) is 0 Å². The Morgan fingerprint density at radius 2 is 2.55 bits per heavy atom. The Bertz CT molecular complexity index is 318.